The summed E-state index contributed by atoms with van der Waals surface area (Å²) in [6.45, 7) is 2.76. The monoisotopic (exact) mass is 258 g/mol. The third-order valence-corrected chi connectivity index (χ3v) is 2.86. The maximum Gasteiger partial charge on any atom is 0.241 e. The summed E-state index contributed by atoms with van der Waals surface area (Å²) in [4.78, 5) is 11.9. The number of hydrogen-bond donors (Lipinski definition) is 2. The Labute approximate surface area is 112 Å². The van der Waals surface area contributed by atoms with E-state index in [2.05, 4.69) is 10.4 Å². The molecule has 3 N–H and O–H groups in total. The quantitative estimate of drug-likeness (QED) is 0.851. The highest BCUT2D eigenvalue weighted by Gasteiger charge is 2.14. The van der Waals surface area contributed by atoms with Crippen LogP contribution in [0.15, 0.2) is 42.7 Å². The van der Waals surface area contributed by atoms with Crippen molar-refractivity contribution in [3.8, 4) is 0 Å². The minimum Gasteiger partial charge on any atom is -0.322 e. The number of anilines is 1. The fourth-order valence-electron chi connectivity index (χ4n) is 1.80. The number of carbonyl (C=O) groups is 1. The van der Waals surface area contributed by atoms with Gasteiger partial charge >= 0.3 is 0 Å². The van der Waals surface area contributed by atoms with Crippen LogP contribution in [0.3, 0.4) is 0 Å². The van der Waals surface area contributed by atoms with Crippen LogP contribution in [0.1, 0.15) is 12.5 Å². The van der Waals surface area contributed by atoms with Crippen LogP contribution < -0.4 is 11.1 Å². The average molecular weight is 258 g/mol. The maximum absolute atomic E-state index is 11.9. The van der Waals surface area contributed by atoms with E-state index >= 15 is 0 Å². The second-order valence-corrected chi connectivity index (χ2v) is 4.37. The number of nitrogens with one attached hydrogen (secondary N) is 1. The van der Waals surface area contributed by atoms with Crippen LogP contribution in [-0.4, -0.2) is 21.7 Å². The molecule has 2 aromatic rings. The lowest BCUT2D eigenvalue weighted by Crippen LogP contribution is -2.37. The Balaban J connectivity index is 1.92. The van der Waals surface area contributed by atoms with E-state index < -0.39 is 6.04 Å². The molecule has 1 unspecified atom stereocenters. The summed E-state index contributed by atoms with van der Waals surface area (Å²) >= 11 is 0. The molecule has 0 radical (unpaired) electrons. The summed E-state index contributed by atoms with van der Waals surface area (Å²) in [5.74, 6) is -0.195. The molecule has 1 heterocycles. The van der Waals surface area contributed by atoms with Crippen molar-refractivity contribution >= 4 is 11.6 Å². The molecule has 1 aromatic heterocycles. The molecule has 0 bridgehead atoms. The molecule has 2 rings (SSSR count). The molecule has 19 heavy (non-hydrogen) atoms. The van der Waals surface area contributed by atoms with Gasteiger partial charge in [0.15, 0.2) is 0 Å². The van der Waals surface area contributed by atoms with Gasteiger partial charge in [-0.3, -0.25) is 9.48 Å². The lowest BCUT2D eigenvalue weighted by Gasteiger charge is -2.11. The van der Waals surface area contributed by atoms with E-state index in [0.717, 1.165) is 12.1 Å². The smallest absolute Gasteiger partial charge is 0.241 e. The number of benzene rings is 1. The number of rotatable bonds is 5. The Morgan fingerprint density at radius 1 is 1.42 bits per heavy atom. The zero-order valence-electron chi connectivity index (χ0n) is 10.9. The lowest BCUT2D eigenvalue weighted by molar-refractivity contribution is -0.117. The van der Waals surface area contributed by atoms with Gasteiger partial charge in [-0.15, -0.1) is 0 Å². The van der Waals surface area contributed by atoms with Gasteiger partial charge in [-0.2, -0.15) is 5.10 Å². The first-order chi connectivity index (χ1) is 9.19. The fourth-order valence-corrected chi connectivity index (χ4v) is 1.80. The standard InChI is InChI=1S/C14H18N4O/c1-2-18-10-12(9-16-18)17-14(19)13(15)8-11-6-4-3-5-7-11/h3-7,9-10,13H,2,8,15H2,1H3,(H,17,19). The number of amides is 1. The predicted molar refractivity (Wildman–Crippen MR) is 74.7 cm³/mol. The summed E-state index contributed by atoms with van der Waals surface area (Å²) in [7, 11) is 0. The fraction of sp³-hybridized carbons (Fsp3) is 0.286. The van der Waals surface area contributed by atoms with Crippen molar-refractivity contribution in [1.29, 1.82) is 0 Å². The van der Waals surface area contributed by atoms with Crippen molar-refractivity contribution in [2.45, 2.75) is 25.9 Å². The number of nitrogens with two attached hydrogens (primary N) is 1. The second-order valence-electron chi connectivity index (χ2n) is 4.37. The van der Waals surface area contributed by atoms with Gasteiger partial charge in [0.1, 0.15) is 0 Å². The highest BCUT2D eigenvalue weighted by Crippen LogP contribution is 2.07. The Kier molecular flexibility index (Phi) is 4.30. The number of nitrogens with zero attached hydrogens (tertiary/aromatic N) is 2. The van der Waals surface area contributed by atoms with E-state index in [1.165, 1.54) is 0 Å². The molecule has 5 heteroatoms. The molecule has 0 fully saturated rings. The molecule has 0 spiro atoms. The van der Waals surface area contributed by atoms with Gasteiger partial charge in [-0.1, -0.05) is 30.3 Å². The molecular weight excluding hydrogens is 240 g/mol. The van der Waals surface area contributed by atoms with Crippen LogP contribution in [0, 0.1) is 0 Å². The third-order valence-electron chi connectivity index (χ3n) is 2.86. The van der Waals surface area contributed by atoms with Crippen molar-refractivity contribution in [3.05, 3.63) is 48.3 Å². The van der Waals surface area contributed by atoms with Gasteiger partial charge in [0.2, 0.25) is 5.91 Å². The van der Waals surface area contributed by atoms with E-state index in [-0.39, 0.29) is 5.91 Å². The summed E-state index contributed by atoms with van der Waals surface area (Å²) in [6.07, 6.45) is 3.93. The van der Waals surface area contributed by atoms with Crippen molar-refractivity contribution in [2.24, 2.45) is 5.73 Å². The summed E-state index contributed by atoms with van der Waals surface area (Å²) in [6, 6.07) is 9.17. The Hall–Kier alpha value is -2.14. The summed E-state index contributed by atoms with van der Waals surface area (Å²) in [5.41, 5.74) is 7.62. The minimum atomic E-state index is -0.563. The molecule has 5 nitrogen and oxygen atoms in total. The highest BCUT2D eigenvalue weighted by atomic mass is 16.2. The van der Waals surface area contributed by atoms with Crippen LogP contribution in [0.4, 0.5) is 5.69 Å². The normalized spacial score (nSPS) is 12.1. The van der Waals surface area contributed by atoms with Crippen LogP contribution in [0.2, 0.25) is 0 Å². The number of hydrogen-bond acceptors (Lipinski definition) is 3. The molecular formula is C14H18N4O. The molecule has 0 aliphatic carbocycles. The topological polar surface area (TPSA) is 72.9 Å². The SMILES string of the molecule is CCn1cc(NC(=O)C(N)Cc2ccccc2)cn1. The summed E-state index contributed by atoms with van der Waals surface area (Å²) in [5, 5.41) is 6.86. The maximum atomic E-state index is 11.9. The molecule has 0 aliphatic rings. The Morgan fingerprint density at radius 2 is 2.16 bits per heavy atom. The Bertz CT molecular complexity index is 535. The van der Waals surface area contributed by atoms with E-state index in [1.807, 2.05) is 37.3 Å². The first-order valence-corrected chi connectivity index (χ1v) is 6.32. The van der Waals surface area contributed by atoms with Crippen LogP contribution in [0.5, 0.6) is 0 Å². The van der Waals surface area contributed by atoms with Gasteiger partial charge in [-0.05, 0) is 18.9 Å². The van der Waals surface area contributed by atoms with Crippen LogP contribution in [-0.2, 0) is 17.8 Å². The summed E-state index contributed by atoms with van der Waals surface area (Å²) < 4.78 is 1.75. The van der Waals surface area contributed by atoms with E-state index in [1.54, 1.807) is 17.1 Å². The third kappa shape index (κ3) is 3.66. The first kappa shape index (κ1) is 13.3. The highest BCUT2D eigenvalue weighted by molar-refractivity contribution is 5.94. The van der Waals surface area contributed by atoms with Crippen molar-refractivity contribution < 1.29 is 4.79 Å². The van der Waals surface area contributed by atoms with Gasteiger partial charge in [0.05, 0.1) is 17.9 Å². The van der Waals surface area contributed by atoms with Gasteiger partial charge in [0, 0.05) is 12.7 Å². The number of aryl methyl sites for hydroxylation is 1. The van der Waals surface area contributed by atoms with E-state index in [9.17, 15) is 4.79 Å². The molecule has 1 atom stereocenters. The minimum absolute atomic E-state index is 0.195. The number of aromatic nitrogens is 2. The van der Waals surface area contributed by atoms with Crippen molar-refractivity contribution in [3.63, 3.8) is 0 Å². The first-order valence-electron chi connectivity index (χ1n) is 6.32. The molecule has 100 valence electrons. The average Bonchev–Trinajstić information content (AvgIpc) is 2.87. The molecule has 0 saturated carbocycles. The largest absolute Gasteiger partial charge is 0.322 e. The molecule has 1 aromatic carbocycles. The van der Waals surface area contributed by atoms with Crippen molar-refractivity contribution in [2.75, 3.05) is 5.32 Å². The van der Waals surface area contributed by atoms with Crippen LogP contribution >= 0.6 is 0 Å². The van der Waals surface area contributed by atoms with Gasteiger partial charge in [-0.25, -0.2) is 0 Å². The van der Waals surface area contributed by atoms with Crippen LogP contribution in [0.25, 0.3) is 0 Å². The van der Waals surface area contributed by atoms with E-state index in [0.29, 0.717) is 12.1 Å². The molecule has 1 amide bonds. The van der Waals surface area contributed by atoms with Gasteiger partial charge < -0.3 is 11.1 Å². The zero-order chi connectivity index (χ0) is 13.7. The van der Waals surface area contributed by atoms with Gasteiger partial charge in [0.25, 0.3) is 0 Å². The van der Waals surface area contributed by atoms with E-state index in [4.69, 9.17) is 5.73 Å². The Morgan fingerprint density at radius 3 is 2.79 bits per heavy atom. The lowest BCUT2D eigenvalue weighted by atomic mass is 10.1. The molecule has 0 aliphatic heterocycles. The predicted octanol–water partition coefficient (Wildman–Crippen LogP) is 1.41. The second kappa shape index (κ2) is 6.15. The molecule has 0 saturated heterocycles. The van der Waals surface area contributed by atoms with Crippen molar-refractivity contribution in [1.82, 2.24) is 9.78 Å². The zero-order valence-corrected chi connectivity index (χ0v) is 10.9. The number of carbonyl (C=O) groups excluding carboxylic acids is 1.